The van der Waals surface area contributed by atoms with Gasteiger partial charge in [0.25, 0.3) is 5.56 Å². The van der Waals surface area contributed by atoms with Crippen molar-refractivity contribution in [1.29, 1.82) is 5.26 Å². The van der Waals surface area contributed by atoms with Gasteiger partial charge in [-0.3, -0.25) is 4.79 Å². The van der Waals surface area contributed by atoms with Crippen LogP contribution in [0.5, 0.6) is 5.88 Å². The van der Waals surface area contributed by atoms with Crippen molar-refractivity contribution in [3.8, 4) is 23.2 Å². The monoisotopic (exact) mass is 385 g/mol. The Balaban J connectivity index is 1.71. The van der Waals surface area contributed by atoms with Crippen LogP contribution in [0.1, 0.15) is 36.5 Å². The normalized spacial score (nSPS) is 11.0. The van der Waals surface area contributed by atoms with E-state index in [0.717, 1.165) is 11.1 Å². The summed E-state index contributed by atoms with van der Waals surface area (Å²) in [7, 11) is 0. The van der Waals surface area contributed by atoms with Crippen LogP contribution in [0.25, 0.3) is 16.9 Å². The summed E-state index contributed by atoms with van der Waals surface area (Å²) in [5.74, 6) is 0.455. The number of hydrogen-bond acceptors (Lipinski definition) is 5. The highest BCUT2D eigenvalue weighted by Gasteiger charge is 2.19. The average molecular weight is 385 g/mol. The molecule has 0 bridgehead atoms. The molecule has 0 radical (unpaired) electrons. The van der Waals surface area contributed by atoms with Crippen LogP contribution in [0.4, 0.5) is 0 Å². The number of nitrogens with zero attached hydrogens (tertiary/aromatic N) is 4. The van der Waals surface area contributed by atoms with Crippen molar-refractivity contribution in [2.75, 3.05) is 0 Å². The number of aromatic amines is 1. The first-order chi connectivity index (χ1) is 14.1. The van der Waals surface area contributed by atoms with Crippen molar-refractivity contribution in [3.63, 3.8) is 0 Å². The van der Waals surface area contributed by atoms with Gasteiger partial charge in [0.15, 0.2) is 5.65 Å². The second-order valence-electron chi connectivity index (χ2n) is 6.96. The fraction of sp³-hybridized carbons (Fsp3) is 0.182. The largest absolute Gasteiger partial charge is 0.473 e. The highest BCUT2D eigenvalue weighted by Crippen LogP contribution is 2.26. The number of hydrogen-bond donors (Lipinski definition) is 1. The number of nitrogens with one attached hydrogen (secondary N) is 1. The van der Waals surface area contributed by atoms with Gasteiger partial charge in [-0.1, -0.05) is 44.2 Å². The van der Waals surface area contributed by atoms with E-state index in [4.69, 9.17) is 4.74 Å². The molecule has 4 aromatic rings. The van der Waals surface area contributed by atoms with Gasteiger partial charge < -0.3 is 9.72 Å². The van der Waals surface area contributed by atoms with Gasteiger partial charge in [0, 0.05) is 23.4 Å². The molecule has 144 valence electrons. The van der Waals surface area contributed by atoms with Crippen LogP contribution in [0.3, 0.4) is 0 Å². The maximum Gasteiger partial charge on any atom is 0.278 e. The van der Waals surface area contributed by atoms with E-state index in [-0.39, 0.29) is 11.5 Å². The minimum Gasteiger partial charge on any atom is -0.473 e. The lowest BCUT2D eigenvalue weighted by molar-refractivity contribution is 0.294. The molecular formula is C22H19N5O2. The van der Waals surface area contributed by atoms with E-state index in [1.165, 1.54) is 10.7 Å². The van der Waals surface area contributed by atoms with Crippen molar-refractivity contribution >= 4 is 5.65 Å². The summed E-state index contributed by atoms with van der Waals surface area (Å²) in [5.41, 5.74) is 3.47. The van der Waals surface area contributed by atoms with Crippen LogP contribution in [0.15, 0.2) is 59.7 Å². The first-order valence-electron chi connectivity index (χ1n) is 9.25. The van der Waals surface area contributed by atoms with Crippen molar-refractivity contribution in [2.24, 2.45) is 0 Å². The molecule has 0 spiro atoms. The Morgan fingerprint density at radius 2 is 1.97 bits per heavy atom. The molecule has 4 rings (SSSR count). The lowest BCUT2D eigenvalue weighted by atomic mass is 9.99. The van der Waals surface area contributed by atoms with E-state index in [1.807, 2.05) is 50.2 Å². The van der Waals surface area contributed by atoms with Crippen molar-refractivity contribution in [2.45, 2.75) is 26.4 Å². The van der Waals surface area contributed by atoms with E-state index in [0.29, 0.717) is 35.0 Å². The van der Waals surface area contributed by atoms with Crippen molar-refractivity contribution in [3.05, 3.63) is 81.9 Å². The number of nitriles is 1. The first-order valence-corrected chi connectivity index (χ1v) is 9.25. The predicted molar refractivity (Wildman–Crippen MR) is 109 cm³/mol. The Kier molecular flexibility index (Phi) is 4.83. The summed E-state index contributed by atoms with van der Waals surface area (Å²) in [6, 6.07) is 15.5. The van der Waals surface area contributed by atoms with Crippen LogP contribution in [-0.4, -0.2) is 19.6 Å². The summed E-state index contributed by atoms with van der Waals surface area (Å²) in [6.07, 6.45) is 3.05. The molecule has 3 heterocycles. The Hall–Kier alpha value is -3.92. The standard InChI is InChI=1S/C22H19N5O2/c1-14(2)19-20(26-21-17(10-23)12-25-27(21)22(19)28)16-8-9-18(24-11-16)29-13-15-6-4-3-5-7-15/h3-9,11-12,14,26H,13H2,1-2H3. The maximum atomic E-state index is 12.9. The molecule has 1 aromatic carbocycles. The van der Waals surface area contributed by atoms with Crippen LogP contribution in [0, 0.1) is 11.3 Å². The molecule has 0 atom stereocenters. The predicted octanol–water partition coefficient (Wildman–Crippen LogP) is 3.66. The second-order valence-corrected chi connectivity index (χ2v) is 6.96. The Morgan fingerprint density at radius 3 is 2.62 bits per heavy atom. The van der Waals surface area contributed by atoms with Crippen LogP contribution < -0.4 is 10.3 Å². The van der Waals surface area contributed by atoms with Gasteiger partial charge in [0.1, 0.15) is 18.2 Å². The molecule has 0 saturated carbocycles. The third-order valence-electron chi connectivity index (χ3n) is 4.66. The van der Waals surface area contributed by atoms with Gasteiger partial charge in [0.2, 0.25) is 5.88 Å². The molecule has 0 unspecified atom stereocenters. The number of rotatable bonds is 5. The molecule has 0 aliphatic rings. The topological polar surface area (TPSA) is 96.1 Å². The fourth-order valence-electron chi connectivity index (χ4n) is 3.22. The van der Waals surface area contributed by atoms with E-state index >= 15 is 0 Å². The summed E-state index contributed by atoms with van der Waals surface area (Å²) in [4.78, 5) is 20.5. The number of ether oxygens (including phenoxy) is 1. The van der Waals surface area contributed by atoms with Crippen LogP contribution in [0.2, 0.25) is 0 Å². The summed E-state index contributed by atoms with van der Waals surface area (Å²) in [5, 5.41) is 13.3. The molecule has 0 amide bonds. The van der Waals surface area contributed by atoms with Crippen molar-refractivity contribution < 1.29 is 4.74 Å². The summed E-state index contributed by atoms with van der Waals surface area (Å²) < 4.78 is 6.98. The third kappa shape index (κ3) is 3.48. The smallest absolute Gasteiger partial charge is 0.278 e. The first kappa shape index (κ1) is 18.4. The Labute approximate surface area is 167 Å². The highest BCUT2D eigenvalue weighted by molar-refractivity contribution is 5.67. The third-order valence-corrected chi connectivity index (χ3v) is 4.66. The van der Waals surface area contributed by atoms with Crippen molar-refractivity contribution in [1.82, 2.24) is 19.6 Å². The lowest BCUT2D eigenvalue weighted by Gasteiger charge is -2.13. The second kappa shape index (κ2) is 7.60. The van der Waals surface area contributed by atoms with Gasteiger partial charge in [-0.15, -0.1) is 0 Å². The maximum absolute atomic E-state index is 12.9. The van der Waals surface area contributed by atoms with Crippen LogP contribution in [-0.2, 0) is 6.61 Å². The zero-order chi connectivity index (χ0) is 20.4. The Morgan fingerprint density at radius 1 is 1.17 bits per heavy atom. The number of fused-ring (bicyclic) bond motifs is 1. The summed E-state index contributed by atoms with van der Waals surface area (Å²) in [6.45, 7) is 4.31. The number of aromatic nitrogens is 4. The summed E-state index contributed by atoms with van der Waals surface area (Å²) >= 11 is 0. The van der Waals surface area contributed by atoms with E-state index < -0.39 is 0 Å². The quantitative estimate of drug-likeness (QED) is 0.566. The Bertz CT molecular complexity index is 1250. The molecule has 7 nitrogen and oxygen atoms in total. The lowest BCUT2D eigenvalue weighted by Crippen LogP contribution is -2.22. The molecule has 0 aliphatic carbocycles. The van der Waals surface area contributed by atoms with Gasteiger partial charge in [0.05, 0.1) is 11.9 Å². The molecular weight excluding hydrogens is 366 g/mol. The number of benzene rings is 1. The van der Waals surface area contributed by atoms with Gasteiger partial charge in [-0.2, -0.15) is 14.9 Å². The zero-order valence-electron chi connectivity index (χ0n) is 16.1. The van der Waals surface area contributed by atoms with E-state index in [1.54, 1.807) is 12.3 Å². The molecule has 29 heavy (non-hydrogen) atoms. The minimum atomic E-state index is -0.241. The molecule has 1 N–H and O–H groups in total. The van der Waals surface area contributed by atoms with E-state index in [2.05, 4.69) is 21.1 Å². The minimum absolute atomic E-state index is 0.0399. The average Bonchev–Trinajstić information content (AvgIpc) is 3.16. The number of H-pyrrole nitrogens is 1. The fourth-order valence-corrected chi connectivity index (χ4v) is 3.22. The molecule has 0 fully saturated rings. The molecule has 0 aliphatic heterocycles. The zero-order valence-corrected chi connectivity index (χ0v) is 16.1. The van der Waals surface area contributed by atoms with Gasteiger partial charge >= 0.3 is 0 Å². The SMILES string of the molecule is CC(C)c1c(-c2ccc(OCc3ccccc3)nc2)[nH]c2c(C#N)cnn2c1=O. The number of pyridine rings is 1. The van der Waals surface area contributed by atoms with Crippen LogP contribution >= 0.6 is 0 Å². The molecule has 3 aromatic heterocycles. The van der Waals surface area contributed by atoms with Gasteiger partial charge in [-0.25, -0.2) is 4.98 Å². The van der Waals surface area contributed by atoms with Gasteiger partial charge in [-0.05, 0) is 17.5 Å². The highest BCUT2D eigenvalue weighted by atomic mass is 16.5. The molecule has 7 heteroatoms. The van der Waals surface area contributed by atoms with E-state index in [9.17, 15) is 10.1 Å². The molecule has 0 saturated heterocycles.